The highest BCUT2D eigenvalue weighted by molar-refractivity contribution is 5.21. The zero-order valence-corrected chi connectivity index (χ0v) is 30.6. The van der Waals surface area contributed by atoms with Crippen molar-refractivity contribution < 1.29 is 0 Å². The second-order valence-corrected chi connectivity index (χ2v) is 21.0. The molecule has 9 fully saturated rings. The van der Waals surface area contributed by atoms with Gasteiger partial charge in [0.25, 0.3) is 0 Å². The Bertz CT molecular complexity index is 1050. The Morgan fingerprint density at radius 2 is 1.09 bits per heavy atom. The van der Waals surface area contributed by atoms with E-state index in [0.29, 0.717) is 5.41 Å². The van der Waals surface area contributed by atoms with Gasteiger partial charge in [0.15, 0.2) is 0 Å². The second kappa shape index (κ2) is 11.8. The Morgan fingerprint density at radius 1 is 0.444 bits per heavy atom. The first-order valence-corrected chi connectivity index (χ1v) is 21.9. The monoisotopic (exact) mass is 615 g/mol. The summed E-state index contributed by atoms with van der Waals surface area (Å²) in [6.07, 6.45) is 31.9. The molecule has 254 valence electrons. The summed E-state index contributed by atoms with van der Waals surface area (Å²) in [6, 6.07) is 0. The molecule has 0 radical (unpaired) electrons. The van der Waals surface area contributed by atoms with Crippen molar-refractivity contribution in [3.8, 4) is 0 Å². The zero-order chi connectivity index (χ0) is 30.6. The molecule has 9 aliphatic carbocycles. The smallest absolute Gasteiger partial charge is 0.0194 e. The summed E-state index contributed by atoms with van der Waals surface area (Å²) in [5.74, 6) is 20.2. The van der Waals surface area contributed by atoms with E-state index < -0.39 is 0 Å². The van der Waals surface area contributed by atoms with Crippen LogP contribution < -0.4 is 0 Å². The highest BCUT2D eigenvalue weighted by atomic mass is 14.8. The Hall–Kier alpha value is 0. The van der Waals surface area contributed by atoms with Crippen LogP contribution in [0.15, 0.2) is 0 Å². The third-order valence-electron chi connectivity index (χ3n) is 19.1. The van der Waals surface area contributed by atoms with Gasteiger partial charge < -0.3 is 0 Å². The molecule has 18 atom stereocenters. The van der Waals surface area contributed by atoms with Gasteiger partial charge in [0.1, 0.15) is 0 Å². The summed E-state index contributed by atoms with van der Waals surface area (Å²) < 4.78 is 0. The molecule has 0 bridgehead atoms. The molecule has 0 heterocycles. The first kappa shape index (κ1) is 31.0. The standard InChI is InChI=1S/C45H74/c1-26(2)36-23-40-41-39-24-38-32-16-10-9-13-30(32)19-20-34(38)37(39)22-29(5)43(41)45(44(40)35-18-12-11-17-33(35)36)25-27(3)21-28(4)42(45)31-14-7-6-8-15-31/h26-44H,6-25H2,1-5H3. The van der Waals surface area contributed by atoms with Gasteiger partial charge in [-0.25, -0.2) is 0 Å². The SMILES string of the molecule is CC1CC(C)C(C2CCCCC2)C2(C1)C1C3CCCCC3C(C(C)C)CC1C1C3CC4C5CCCCC5CCC4C3CC(C)C12. The maximum absolute atomic E-state index is 2.90. The van der Waals surface area contributed by atoms with Crippen LogP contribution in [0.4, 0.5) is 0 Å². The average molecular weight is 615 g/mol. The van der Waals surface area contributed by atoms with Crippen molar-refractivity contribution in [1.82, 2.24) is 0 Å². The van der Waals surface area contributed by atoms with E-state index in [9.17, 15) is 0 Å². The lowest BCUT2D eigenvalue weighted by Gasteiger charge is -2.63. The van der Waals surface area contributed by atoms with Crippen LogP contribution in [0.1, 0.15) is 163 Å². The van der Waals surface area contributed by atoms with E-state index in [1.54, 1.807) is 122 Å². The zero-order valence-electron chi connectivity index (χ0n) is 30.6. The van der Waals surface area contributed by atoms with Crippen molar-refractivity contribution in [2.75, 3.05) is 0 Å². The largest absolute Gasteiger partial charge is 0.0625 e. The molecule has 9 rings (SSSR count). The van der Waals surface area contributed by atoms with E-state index in [4.69, 9.17) is 0 Å². The summed E-state index contributed by atoms with van der Waals surface area (Å²) >= 11 is 0. The molecule has 0 aliphatic heterocycles. The van der Waals surface area contributed by atoms with E-state index in [2.05, 4.69) is 34.6 Å². The molecule has 0 aromatic carbocycles. The second-order valence-electron chi connectivity index (χ2n) is 21.0. The van der Waals surface area contributed by atoms with Crippen molar-refractivity contribution in [3.63, 3.8) is 0 Å². The van der Waals surface area contributed by atoms with Gasteiger partial charge in [0.2, 0.25) is 0 Å². The van der Waals surface area contributed by atoms with Crippen LogP contribution in [-0.4, -0.2) is 0 Å². The summed E-state index contributed by atoms with van der Waals surface area (Å²) in [5.41, 5.74) is 0.683. The third kappa shape index (κ3) is 4.59. The molecule has 0 heteroatoms. The van der Waals surface area contributed by atoms with Crippen molar-refractivity contribution in [2.24, 2.45) is 118 Å². The summed E-state index contributed by atoms with van der Waals surface area (Å²) in [6.45, 7) is 13.8. The van der Waals surface area contributed by atoms with Crippen LogP contribution in [0.3, 0.4) is 0 Å². The summed E-state index contributed by atoms with van der Waals surface area (Å²) in [5, 5.41) is 0. The fraction of sp³-hybridized carbons (Fsp3) is 1.00. The normalized spacial score (nSPS) is 57.9. The van der Waals surface area contributed by atoms with Gasteiger partial charge in [0, 0.05) is 0 Å². The molecule has 18 unspecified atom stereocenters. The number of fused-ring (bicyclic) bond motifs is 13. The molecular weight excluding hydrogens is 540 g/mol. The molecule has 45 heavy (non-hydrogen) atoms. The number of hydrogen-bond donors (Lipinski definition) is 0. The van der Waals surface area contributed by atoms with Crippen molar-refractivity contribution >= 4 is 0 Å². The molecule has 0 aromatic rings. The van der Waals surface area contributed by atoms with Crippen molar-refractivity contribution in [1.29, 1.82) is 0 Å². The highest BCUT2D eigenvalue weighted by Gasteiger charge is 2.73. The van der Waals surface area contributed by atoms with Crippen LogP contribution >= 0.6 is 0 Å². The fourth-order valence-corrected chi connectivity index (χ4v) is 18.8. The van der Waals surface area contributed by atoms with Gasteiger partial charge in [-0.2, -0.15) is 0 Å². The number of hydrogen-bond acceptors (Lipinski definition) is 0. The van der Waals surface area contributed by atoms with E-state index in [-0.39, 0.29) is 0 Å². The molecule has 9 aliphatic rings. The van der Waals surface area contributed by atoms with E-state index in [0.717, 1.165) is 112 Å². The Labute approximate surface area is 280 Å². The summed E-state index contributed by atoms with van der Waals surface area (Å²) in [4.78, 5) is 0. The number of rotatable bonds is 2. The quantitative estimate of drug-likeness (QED) is 0.290. The van der Waals surface area contributed by atoms with Gasteiger partial charge >= 0.3 is 0 Å². The minimum absolute atomic E-state index is 0.683. The van der Waals surface area contributed by atoms with E-state index in [1.165, 1.54) is 6.42 Å². The third-order valence-corrected chi connectivity index (χ3v) is 19.1. The lowest BCUT2D eigenvalue weighted by Crippen LogP contribution is -2.57. The molecular formula is C45H74. The van der Waals surface area contributed by atoms with E-state index in [1.807, 2.05) is 0 Å². The maximum Gasteiger partial charge on any atom is -0.0194 e. The molecule has 9 saturated carbocycles. The highest BCUT2D eigenvalue weighted by Crippen LogP contribution is 2.79. The Balaban J connectivity index is 1.18. The molecule has 0 nitrogen and oxygen atoms in total. The Kier molecular flexibility index (Phi) is 8.14. The first-order chi connectivity index (χ1) is 21.9. The molecule has 0 aromatic heterocycles. The molecule has 0 amide bonds. The predicted octanol–water partition coefficient (Wildman–Crippen LogP) is 12.7. The van der Waals surface area contributed by atoms with Gasteiger partial charge in [-0.05, 0) is 182 Å². The van der Waals surface area contributed by atoms with Crippen molar-refractivity contribution in [3.05, 3.63) is 0 Å². The molecule has 0 N–H and O–H groups in total. The van der Waals surface area contributed by atoms with Crippen molar-refractivity contribution in [2.45, 2.75) is 163 Å². The average Bonchev–Trinajstić information content (AvgIpc) is 3.55. The fourth-order valence-electron chi connectivity index (χ4n) is 18.8. The minimum atomic E-state index is 0.683. The van der Waals surface area contributed by atoms with Gasteiger partial charge in [-0.1, -0.05) is 98.8 Å². The van der Waals surface area contributed by atoms with Gasteiger partial charge in [-0.15, -0.1) is 0 Å². The first-order valence-electron chi connectivity index (χ1n) is 21.9. The van der Waals surface area contributed by atoms with Crippen LogP contribution in [0.2, 0.25) is 0 Å². The van der Waals surface area contributed by atoms with Crippen LogP contribution in [0, 0.1) is 118 Å². The van der Waals surface area contributed by atoms with Gasteiger partial charge in [-0.3, -0.25) is 0 Å². The topological polar surface area (TPSA) is 0 Å². The van der Waals surface area contributed by atoms with Crippen LogP contribution in [0.5, 0.6) is 0 Å². The van der Waals surface area contributed by atoms with Crippen LogP contribution in [0.25, 0.3) is 0 Å². The van der Waals surface area contributed by atoms with Crippen LogP contribution in [-0.2, 0) is 0 Å². The predicted molar refractivity (Wildman–Crippen MR) is 189 cm³/mol. The lowest BCUT2D eigenvalue weighted by molar-refractivity contribution is -0.147. The van der Waals surface area contributed by atoms with Gasteiger partial charge in [0.05, 0.1) is 0 Å². The van der Waals surface area contributed by atoms with E-state index >= 15 is 0 Å². The lowest BCUT2D eigenvalue weighted by atomic mass is 9.42. The molecule has 1 spiro atoms. The minimum Gasteiger partial charge on any atom is -0.0625 e. The molecule has 0 saturated heterocycles. The maximum atomic E-state index is 2.90. The summed E-state index contributed by atoms with van der Waals surface area (Å²) in [7, 11) is 0. The Morgan fingerprint density at radius 3 is 1.87 bits per heavy atom.